The molecular formula is C13H10N2O8. The lowest BCUT2D eigenvalue weighted by molar-refractivity contribution is -0.394. The minimum Gasteiger partial charge on any atom is -0.447 e. The highest BCUT2D eigenvalue weighted by Crippen LogP contribution is 2.24. The van der Waals surface area contributed by atoms with E-state index in [0.29, 0.717) is 0 Å². The van der Waals surface area contributed by atoms with Gasteiger partial charge in [0.15, 0.2) is 11.9 Å². The number of ether oxygens (including phenoxy) is 2. The first-order chi connectivity index (χ1) is 10.8. The minimum absolute atomic E-state index is 0.402. The lowest BCUT2D eigenvalue weighted by Crippen LogP contribution is -2.33. The standard InChI is InChI=1S/C13H10N2O8/c1-22-11-3-2-10(16)12(11)23-13(17)7-4-8(14(18)19)6-9(5-7)15(20)21/h2-6,11-12H,1H3/t11-,12-/m0/s1. The summed E-state index contributed by atoms with van der Waals surface area (Å²) in [6.45, 7) is 0. The van der Waals surface area contributed by atoms with Crippen LogP contribution in [0.4, 0.5) is 11.4 Å². The summed E-state index contributed by atoms with van der Waals surface area (Å²) in [6.07, 6.45) is 0.573. The normalized spacial score (nSPS) is 19.6. The highest BCUT2D eigenvalue weighted by Gasteiger charge is 2.34. The largest absolute Gasteiger partial charge is 0.447 e. The Morgan fingerprint density at radius 3 is 2.17 bits per heavy atom. The van der Waals surface area contributed by atoms with Crippen LogP contribution in [0.5, 0.6) is 0 Å². The summed E-state index contributed by atoms with van der Waals surface area (Å²) in [6, 6.07) is 2.39. The molecule has 0 aliphatic heterocycles. The first-order valence-corrected chi connectivity index (χ1v) is 6.23. The summed E-state index contributed by atoms with van der Waals surface area (Å²) in [4.78, 5) is 43.5. The molecule has 120 valence electrons. The Bertz CT molecular complexity index is 694. The van der Waals surface area contributed by atoms with Crippen LogP contribution < -0.4 is 0 Å². The van der Waals surface area contributed by atoms with E-state index in [1.807, 2.05) is 0 Å². The fourth-order valence-corrected chi connectivity index (χ4v) is 1.98. The van der Waals surface area contributed by atoms with Crippen LogP contribution >= 0.6 is 0 Å². The van der Waals surface area contributed by atoms with Crippen molar-refractivity contribution in [2.45, 2.75) is 12.2 Å². The molecular weight excluding hydrogens is 312 g/mol. The summed E-state index contributed by atoms with van der Waals surface area (Å²) in [5, 5.41) is 21.6. The van der Waals surface area contributed by atoms with Gasteiger partial charge in [0.1, 0.15) is 6.10 Å². The quantitative estimate of drug-likeness (QED) is 0.447. The first-order valence-electron chi connectivity index (χ1n) is 6.23. The van der Waals surface area contributed by atoms with Crippen molar-refractivity contribution >= 4 is 23.1 Å². The maximum Gasteiger partial charge on any atom is 0.339 e. The fraction of sp³-hybridized carbons (Fsp3) is 0.231. The third-order valence-corrected chi connectivity index (χ3v) is 3.10. The van der Waals surface area contributed by atoms with Crippen LogP contribution in [-0.2, 0) is 14.3 Å². The van der Waals surface area contributed by atoms with E-state index >= 15 is 0 Å². The van der Waals surface area contributed by atoms with Gasteiger partial charge in [-0.05, 0) is 12.2 Å². The van der Waals surface area contributed by atoms with Gasteiger partial charge in [0.25, 0.3) is 11.4 Å². The van der Waals surface area contributed by atoms with Gasteiger partial charge in [-0.25, -0.2) is 4.79 Å². The lowest BCUT2D eigenvalue weighted by atomic mass is 10.1. The number of hydrogen-bond acceptors (Lipinski definition) is 8. The molecule has 0 saturated carbocycles. The molecule has 10 nitrogen and oxygen atoms in total. The van der Waals surface area contributed by atoms with Crippen LogP contribution in [-0.4, -0.2) is 40.9 Å². The lowest BCUT2D eigenvalue weighted by Gasteiger charge is -2.17. The molecule has 0 heterocycles. The van der Waals surface area contributed by atoms with Crippen molar-refractivity contribution < 1.29 is 28.9 Å². The van der Waals surface area contributed by atoms with Crippen molar-refractivity contribution in [1.29, 1.82) is 0 Å². The third kappa shape index (κ3) is 3.37. The molecule has 2 rings (SSSR count). The molecule has 1 aromatic rings. The van der Waals surface area contributed by atoms with E-state index in [-0.39, 0.29) is 0 Å². The molecule has 0 radical (unpaired) electrons. The Morgan fingerprint density at radius 2 is 1.70 bits per heavy atom. The highest BCUT2D eigenvalue weighted by atomic mass is 16.6. The number of esters is 1. The van der Waals surface area contributed by atoms with E-state index in [0.717, 1.165) is 18.2 Å². The van der Waals surface area contributed by atoms with Crippen LogP contribution in [0.25, 0.3) is 0 Å². The van der Waals surface area contributed by atoms with Crippen molar-refractivity contribution in [3.05, 3.63) is 56.1 Å². The molecule has 10 heteroatoms. The SMILES string of the molecule is CO[C@H]1C=CC(=O)[C@@H]1OC(=O)c1cc([N+](=O)[O-])cc([N+](=O)[O-])c1. The number of hydrogen-bond donors (Lipinski definition) is 0. The Hall–Kier alpha value is -3.14. The van der Waals surface area contributed by atoms with Gasteiger partial charge in [0.2, 0.25) is 0 Å². The summed E-state index contributed by atoms with van der Waals surface area (Å²) in [5.41, 5.74) is -1.67. The average molecular weight is 322 g/mol. The Kier molecular flexibility index (Phi) is 4.46. The Morgan fingerprint density at radius 1 is 1.13 bits per heavy atom. The maximum absolute atomic E-state index is 12.1. The van der Waals surface area contributed by atoms with Gasteiger partial charge in [-0.3, -0.25) is 25.0 Å². The van der Waals surface area contributed by atoms with E-state index in [2.05, 4.69) is 0 Å². The number of carbonyl (C=O) groups is 2. The van der Waals surface area contributed by atoms with Crippen LogP contribution in [0.15, 0.2) is 30.4 Å². The van der Waals surface area contributed by atoms with Gasteiger partial charge in [-0.15, -0.1) is 0 Å². The predicted molar refractivity (Wildman–Crippen MR) is 73.9 cm³/mol. The number of nitro benzene ring substituents is 2. The van der Waals surface area contributed by atoms with Crippen molar-refractivity contribution in [2.75, 3.05) is 7.11 Å². The molecule has 0 amide bonds. The maximum atomic E-state index is 12.1. The monoisotopic (exact) mass is 322 g/mol. The van der Waals surface area contributed by atoms with Gasteiger partial charge in [-0.1, -0.05) is 0 Å². The number of nitrogens with zero attached hydrogens (tertiary/aromatic N) is 2. The molecule has 0 fully saturated rings. The van der Waals surface area contributed by atoms with Crippen molar-refractivity contribution in [3.8, 4) is 0 Å². The zero-order valence-electron chi connectivity index (χ0n) is 11.7. The molecule has 23 heavy (non-hydrogen) atoms. The molecule has 2 atom stereocenters. The average Bonchev–Trinajstić information content (AvgIpc) is 2.87. The second kappa shape index (κ2) is 6.32. The second-order valence-corrected chi connectivity index (χ2v) is 4.54. The molecule has 1 aliphatic carbocycles. The number of non-ortho nitro benzene ring substituents is 2. The van der Waals surface area contributed by atoms with E-state index in [9.17, 15) is 29.8 Å². The van der Waals surface area contributed by atoms with E-state index < -0.39 is 50.7 Å². The molecule has 0 N–H and O–H groups in total. The van der Waals surface area contributed by atoms with Crippen LogP contribution in [0.3, 0.4) is 0 Å². The predicted octanol–water partition coefficient (Wildman–Crippen LogP) is 1.18. The molecule has 0 spiro atoms. The molecule has 0 unspecified atom stereocenters. The summed E-state index contributed by atoms with van der Waals surface area (Å²) >= 11 is 0. The van der Waals surface area contributed by atoms with Crippen LogP contribution in [0.1, 0.15) is 10.4 Å². The summed E-state index contributed by atoms with van der Waals surface area (Å²) in [7, 11) is 1.31. The number of rotatable bonds is 5. The van der Waals surface area contributed by atoms with Crippen LogP contribution in [0, 0.1) is 20.2 Å². The van der Waals surface area contributed by atoms with Gasteiger partial charge in [0, 0.05) is 19.2 Å². The van der Waals surface area contributed by atoms with E-state index in [1.54, 1.807) is 0 Å². The molecule has 1 aromatic carbocycles. The Labute approximate surface area is 128 Å². The molecule has 0 aromatic heterocycles. The molecule has 0 bridgehead atoms. The van der Waals surface area contributed by atoms with Gasteiger partial charge in [-0.2, -0.15) is 0 Å². The zero-order chi connectivity index (χ0) is 17.1. The third-order valence-electron chi connectivity index (χ3n) is 3.10. The summed E-state index contributed by atoms with van der Waals surface area (Å²) in [5.74, 6) is -1.61. The highest BCUT2D eigenvalue weighted by molar-refractivity contribution is 6.00. The van der Waals surface area contributed by atoms with Crippen molar-refractivity contribution in [1.82, 2.24) is 0 Å². The summed E-state index contributed by atoms with van der Waals surface area (Å²) < 4.78 is 9.91. The zero-order valence-corrected chi connectivity index (χ0v) is 11.7. The molecule has 0 saturated heterocycles. The van der Waals surface area contributed by atoms with E-state index in [1.165, 1.54) is 19.3 Å². The van der Waals surface area contributed by atoms with Gasteiger partial charge in [0.05, 0.1) is 21.5 Å². The smallest absolute Gasteiger partial charge is 0.339 e. The number of nitro groups is 2. The second-order valence-electron chi connectivity index (χ2n) is 4.54. The van der Waals surface area contributed by atoms with Crippen molar-refractivity contribution in [3.63, 3.8) is 0 Å². The fourth-order valence-electron chi connectivity index (χ4n) is 1.98. The number of benzene rings is 1. The van der Waals surface area contributed by atoms with E-state index in [4.69, 9.17) is 9.47 Å². The minimum atomic E-state index is -1.23. The molecule has 1 aliphatic rings. The topological polar surface area (TPSA) is 139 Å². The van der Waals surface area contributed by atoms with Crippen LogP contribution in [0.2, 0.25) is 0 Å². The number of methoxy groups -OCH3 is 1. The van der Waals surface area contributed by atoms with Gasteiger partial charge >= 0.3 is 5.97 Å². The van der Waals surface area contributed by atoms with Crippen molar-refractivity contribution in [2.24, 2.45) is 0 Å². The Balaban J connectivity index is 2.30. The number of ketones is 1. The first kappa shape index (κ1) is 16.2. The van der Waals surface area contributed by atoms with Gasteiger partial charge < -0.3 is 9.47 Å². The number of carbonyl (C=O) groups excluding carboxylic acids is 2.